The van der Waals surface area contributed by atoms with Gasteiger partial charge in [-0.2, -0.15) is 0 Å². The number of anilines is 1. The molecule has 102 valence electrons. The van der Waals surface area contributed by atoms with Gasteiger partial charge in [-0.1, -0.05) is 13.8 Å². The van der Waals surface area contributed by atoms with E-state index in [1.807, 2.05) is 13.8 Å². The number of hydrogen-bond donors (Lipinski definition) is 3. The van der Waals surface area contributed by atoms with Crippen molar-refractivity contribution in [1.82, 2.24) is 4.72 Å². The van der Waals surface area contributed by atoms with Crippen LogP contribution in [0, 0.1) is 5.92 Å². The minimum Gasteiger partial charge on any atom is -0.508 e. The molecular weight excluding hydrogens is 252 g/mol. The summed E-state index contributed by atoms with van der Waals surface area (Å²) in [6.45, 7) is 4.00. The number of nitrogens with two attached hydrogens (primary N) is 1. The van der Waals surface area contributed by atoms with Crippen LogP contribution in [0.3, 0.4) is 0 Å². The summed E-state index contributed by atoms with van der Waals surface area (Å²) in [5.41, 5.74) is 6.54. The maximum Gasteiger partial charge on any atom is 0.211 e. The van der Waals surface area contributed by atoms with E-state index in [1.165, 1.54) is 6.07 Å². The van der Waals surface area contributed by atoms with Crippen LogP contribution in [0.25, 0.3) is 0 Å². The van der Waals surface area contributed by atoms with Crippen LogP contribution in [-0.4, -0.2) is 19.3 Å². The van der Waals surface area contributed by atoms with E-state index in [0.29, 0.717) is 23.6 Å². The van der Waals surface area contributed by atoms with Crippen LogP contribution >= 0.6 is 0 Å². The van der Waals surface area contributed by atoms with Gasteiger partial charge in [0.25, 0.3) is 0 Å². The first kappa shape index (κ1) is 14.8. The topological polar surface area (TPSA) is 92.4 Å². The molecule has 0 saturated carbocycles. The minimum atomic E-state index is -3.31. The summed E-state index contributed by atoms with van der Waals surface area (Å²) in [5, 5.41) is 9.56. The largest absolute Gasteiger partial charge is 0.508 e. The lowest BCUT2D eigenvalue weighted by atomic mass is 10.2. The molecule has 6 heteroatoms. The molecule has 0 fully saturated rings. The molecule has 0 aliphatic carbocycles. The molecule has 0 spiro atoms. The number of nitrogen functional groups attached to an aromatic ring is 1. The summed E-state index contributed by atoms with van der Waals surface area (Å²) >= 11 is 0. The molecule has 0 bridgehead atoms. The van der Waals surface area contributed by atoms with Gasteiger partial charge in [0.1, 0.15) is 5.75 Å². The van der Waals surface area contributed by atoms with Crippen LogP contribution in [0.2, 0.25) is 0 Å². The average molecular weight is 272 g/mol. The van der Waals surface area contributed by atoms with Gasteiger partial charge in [0.05, 0.1) is 5.75 Å². The molecule has 0 aromatic heterocycles. The van der Waals surface area contributed by atoms with E-state index < -0.39 is 10.0 Å². The third-order valence-corrected chi connectivity index (χ3v) is 3.91. The lowest BCUT2D eigenvalue weighted by molar-refractivity contribution is 0.467. The third-order valence-electron chi connectivity index (χ3n) is 2.55. The highest BCUT2D eigenvalue weighted by atomic mass is 32.2. The van der Waals surface area contributed by atoms with E-state index in [0.717, 1.165) is 0 Å². The Balaban J connectivity index is 2.61. The Morgan fingerprint density at radius 3 is 2.67 bits per heavy atom. The van der Waals surface area contributed by atoms with Crippen molar-refractivity contribution in [1.29, 1.82) is 0 Å². The van der Waals surface area contributed by atoms with E-state index >= 15 is 0 Å². The second-order valence-corrected chi connectivity index (χ2v) is 6.64. The molecule has 1 aromatic carbocycles. The molecular formula is C12H20N2O3S. The van der Waals surface area contributed by atoms with E-state index in [1.54, 1.807) is 12.1 Å². The minimum absolute atomic E-state index is 0.0377. The fourth-order valence-corrected chi connectivity index (χ4v) is 2.70. The van der Waals surface area contributed by atoms with Crippen molar-refractivity contribution in [3.8, 4) is 5.75 Å². The van der Waals surface area contributed by atoms with E-state index in [-0.39, 0.29) is 18.0 Å². The fourth-order valence-electron chi connectivity index (χ4n) is 1.40. The molecule has 0 atom stereocenters. The number of nitrogens with one attached hydrogen (secondary N) is 1. The molecule has 0 heterocycles. The summed E-state index contributed by atoms with van der Waals surface area (Å²) in [4.78, 5) is 0. The van der Waals surface area contributed by atoms with Crippen molar-refractivity contribution < 1.29 is 13.5 Å². The molecule has 0 saturated heterocycles. The quantitative estimate of drug-likeness (QED) is 0.539. The zero-order valence-electron chi connectivity index (χ0n) is 10.7. The molecule has 0 unspecified atom stereocenters. The SMILES string of the molecule is CC(C)CCS(=O)(=O)NCc1cc(N)ccc1O. The molecule has 1 rings (SSSR count). The van der Waals surface area contributed by atoms with Crippen LogP contribution in [0.15, 0.2) is 18.2 Å². The predicted octanol–water partition coefficient (Wildman–Crippen LogP) is 1.44. The zero-order valence-corrected chi connectivity index (χ0v) is 11.5. The summed E-state index contributed by atoms with van der Waals surface area (Å²) in [7, 11) is -3.31. The molecule has 5 nitrogen and oxygen atoms in total. The van der Waals surface area contributed by atoms with E-state index in [9.17, 15) is 13.5 Å². The van der Waals surface area contributed by atoms with Gasteiger partial charge in [0.2, 0.25) is 10.0 Å². The summed E-state index contributed by atoms with van der Waals surface area (Å²) in [6, 6.07) is 4.57. The Kier molecular flexibility index (Phi) is 4.98. The third kappa shape index (κ3) is 4.93. The van der Waals surface area contributed by atoms with E-state index in [2.05, 4.69) is 4.72 Å². The number of rotatable bonds is 6. The van der Waals surface area contributed by atoms with Crippen LogP contribution in [0.4, 0.5) is 5.69 Å². The monoisotopic (exact) mass is 272 g/mol. The molecule has 1 aromatic rings. The highest BCUT2D eigenvalue weighted by molar-refractivity contribution is 7.89. The maximum atomic E-state index is 11.7. The normalized spacial score (nSPS) is 11.9. The number of aromatic hydroxyl groups is 1. The first-order valence-corrected chi connectivity index (χ1v) is 7.50. The highest BCUT2D eigenvalue weighted by Crippen LogP contribution is 2.19. The van der Waals surface area contributed by atoms with Crippen LogP contribution in [-0.2, 0) is 16.6 Å². The van der Waals surface area contributed by atoms with Gasteiger partial charge in [-0.25, -0.2) is 13.1 Å². The molecule has 0 aliphatic rings. The van der Waals surface area contributed by atoms with E-state index in [4.69, 9.17) is 5.73 Å². The number of benzene rings is 1. The molecule has 18 heavy (non-hydrogen) atoms. The number of sulfonamides is 1. The number of phenolic OH excluding ortho intramolecular Hbond substituents is 1. The fraction of sp³-hybridized carbons (Fsp3) is 0.500. The van der Waals surface area contributed by atoms with Crippen molar-refractivity contribution in [2.45, 2.75) is 26.8 Å². The number of phenols is 1. The number of hydrogen-bond acceptors (Lipinski definition) is 4. The first-order valence-electron chi connectivity index (χ1n) is 5.85. The molecule has 0 amide bonds. The standard InChI is InChI=1S/C12H20N2O3S/c1-9(2)5-6-18(16,17)14-8-10-7-11(13)3-4-12(10)15/h3-4,7,9,14-15H,5-6,8,13H2,1-2H3. The molecule has 0 aliphatic heterocycles. The smallest absolute Gasteiger partial charge is 0.211 e. The Hall–Kier alpha value is -1.27. The van der Waals surface area contributed by atoms with Crippen LogP contribution in [0.1, 0.15) is 25.8 Å². The average Bonchev–Trinajstić information content (AvgIpc) is 2.28. The van der Waals surface area contributed by atoms with Crippen LogP contribution in [0.5, 0.6) is 5.75 Å². The van der Waals surface area contributed by atoms with Gasteiger partial charge >= 0.3 is 0 Å². The van der Waals surface area contributed by atoms with Crippen molar-refractivity contribution in [2.24, 2.45) is 5.92 Å². The molecule has 0 radical (unpaired) electrons. The Bertz CT molecular complexity index is 498. The van der Waals surface area contributed by atoms with Gasteiger partial charge in [-0.05, 0) is 30.5 Å². The van der Waals surface area contributed by atoms with Gasteiger partial charge in [-0.15, -0.1) is 0 Å². The summed E-state index contributed by atoms with van der Waals surface area (Å²) in [5.74, 6) is 0.464. The maximum absolute atomic E-state index is 11.7. The molecule has 4 N–H and O–H groups in total. The summed E-state index contributed by atoms with van der Waals surface area (Å²) < 4.78 is 25.8. The van der Waals surface area contributed by atoms with Gasteiger partial charge in [0, 0.05) is 17.8 Å². The van der Waals surface area contributed by atoms with Gasteiger partial charge < -0.3 is 10.8 Å². The Morgan fingerprint density at radius 1 is 1.39 bits per heavy atom. The Labute approximate surface area is 108 Å². The van der Waals surface area contributed by atoms with Crippen molar-refractivity contribution in [2.75, 3.05) is 11.5 Å². The zero-order chi connectivity index (χ0) is 13.8. The van der Waals surface area contributed by atoms with Crippen molar-refractivity contribution >= 4 is 15.7 Å². The lowest BCUT2D eigenvalue weighted by Crippen LogP contribution is -2.26. The van der Waals surface area contributed by atoms with Gasteiger partial charge in [0.15, 0.2) is 0 Å². The summed E-state index contributed by atoms with van der Waals surface area (Å²) in [6.07, 6.45) is 0.609. The van der Waals surface area contributed by atoms with Crippen LogP contribution < -0.4 is 10.5 Å². The second kappa shape index (κ2) is 6.06. The second-order valence-electron chi connectivity index (χ2n) is 4.71. The first-order chi connectivity index (χ1) is 8.30. The van der Waals surface area contributed by atoms with Crippen molar-refractivity contribution in [3.05, 3.63) is 23.8 Å². The van der Waals surface area contributed by atoms with Gasteiger partial charge in [-0.3, -0.25) is 0 Å². The predicted molar refractivity (Wildman–Crippen MR) is 72.6 cm³/mol. The Morgan fingerprint density at radius 2 is 2.06 bits per heavy atom. The lowest BCUT2D eigenvalue weighted by Gasteiger charge is -2.09. The van der Waals surface area contributed by atoms with Crippen molar-refractivity contribution in [3.63, 3.8) is 0 Å². The highest BCUT2D eigenvalue weighted by Gasteiger charge is 2.12.